The smallest absolute Gasteiger partial charge is 0.225 e. The van der Waals surface area contributed by atoms with Crippen molar-refractivity contribution >= 4 is 45.6 Å². The van der Waals surface area contributed by atoms with Crippen molar-refractivity contribution in [3.63, 3.8) is 0 Å². The number of likely N-dealkylation sites (N-methyl/N-ethyl adjacent to an activating group) is 1. The van der Waals surface area contributed by atoms with E-state index in [1.807, 2.05) is 61.5 Å². The molecule has 1 amide bonds. The standard InChI is InChI=1S/C26H26ClN5O2/c1-17(33)32(14-13-31(2)3)23-12-10-20(16-28-23)29-25(18-7-5-4-6-8-18)24-21-11-9-19(27)15-22(21)30-26(24)34/h4-12,15-16,30,34H,13-14H2,1-3H3. The summed E-state index contributed by atoms with van der Waals surface area (Å²) >= 11 is 6.14. The predicted molar refractivity (Wildman–Crippen MR) is 138 cm³/mol. The summed E-state index contributed by atoms with van der Waals surface area (Å²) in [6, 6.07) is 18.7. The number of hydrogen-bond acceptors (Lipinski definition) is 5. The lowest BCUT2D eigenvalue weighted by molar-refractivity contribution is -0.116. The van der Waals surface area contributed by atoms with E-state index in [0.29, 0.717) is 34.3 Å². The summed E-state index contributed by atoms with van der Waals surface area (Å²) in [4.78, 5) is 28.1. The van der Waals surface area contributed by atoms with Crippen LogP contribution in [0.4, 0.5) is 11.5 Å². The van der Waals surface area contributed by atoms with Crippen molar-refractivity contribution in [1.82, 2.24) is 14.9 Å². The molecule has 2 aromatic carbocycles. The minimum Gasteiger partial charge on any atom is -0.494 e. The number of aromatic amines is 1. The highest BCUT2D eigenvalue weighted by molar-refractivity contribution is 6.31. The van der Waals surface area contributed by atoms with E-state index in [9.17, 15) is 9.90 Å². The summed E-state index contributed by atoms with van der Waals surface area (Å²) in [5, 5.41) is 12.2. The number of benzene rings is 2. The van der Waals surface area contributed by atoms with E-state index in [1.54, 1.807) is 29.3 Å². The minimum atomic E-state index is -0.0713. The van der Waals surface area contributed by atoms with Crippen LogP contribution in [0, 0.1) is 0 Å². The number of anilines is 1. The molecule has 0 unspecified atom stereocenters. The van der Waals surface area contributed by atoms with Crippen molar-refractivity contribution in [3.05, 3.63) is 83.0 Å². The molecule has 4 rings (SSSR count). The van der Waals surface area contributed by atoms with E-state index in [0.717, 1.165) is 23.0 Å². The van der Waals surface area contributed by atoms with Crippen molar-refractivity contribution in [2.75, 3.05) is 32.1 Å². The molecular weight excluding hydrogens is 450 g/mol. The molecule has 0 saturated heterocycles. The quantitative estimate of drug-likeness (QED) is 0.368. The van der Waals surface area contributed by atoms with Crippen LogP contribution in [0.2, 0.25) is 5.02 Å². The number of rotatable bonds is 7. The molecule has 0 radical (unpaired) electrons. The third kappa shape index (κ3) is 5.11. The van der Waals surface area contributed by atoms with Gasteiger partial charge in [0.15, 0.2) is 5.88 Å². The first-order chi connectivity index (χ1) is 16.3. The SMILES string of the molecule is CC(=O)N(CCN(C)C)c1ccc(N=C(c2ccccc2)c2c(O)[nH]c3cc(Cl)ccc23)cn1. The lowest BCUT2D eigenvalue weighted by Crippen LogP contribution is -2.35. The van der Waals surface area contributed by atoms with Crippen LogP contribution in [0.3, 0.4) is 0 Å². The summed E-state index contributed by atoms with van der Waals surface area (Å²) in [5.41, 5.74) is 3.33. The van der Waals surface area contributed by atoms with Gasteiger partial charge >= 0.3 is 0 Å². The summed E-state index contributed by atoms with van der Waals surface area (Å²) < 4.78 is 0. The van der Waals surface area contributed by atoms with Gasteiger partial charge in [-0.25, -0.2) is 9.98 Å². The van der Waals surface area contributed by atoms with E-state index >= 15 is 0 Å². The number of halogens is 1. The zero-order valence-corrected chi connectivity index (χ0v) is 20.0. The molecule has 2 aromatic heterocycles. The Morgan fingerprint density at radius 1 is 1.09 bits per heavy atom. The second-order valence-corrected chi connectivity index (χ2v) is 8.65. The fraction of sp³-hybridized carbons (Fsp3) is 0.192. The Kier molecular flexibility index (Phi) is 6.95. The first-order valence-electron chi connectivity index (χ1n) is 10.9. The summed E-state index contributed by atoms with van der Waals surface area (Å²) in [7, 11) is 3.92. The van der Waals surface area contributed by atoms with E-state index < -0.39 is 0 Å². The van der Waals surface area contributed by atoms with Crippen LogP contribution in [-0.4, -0.2) is 58.8 Å². The van der Waals surface area contributed by atoms with Gasteiger partial charge in [-0.05, 0) is 38.4 Å². The van der Waals surface area contributed by atoms with Crippen LogP contribution in [0.25, 0.3) is 10.9 Å². The number of hydrogen-bond donors (Lipinski definition) is 2. The van der Waals surface area contributed by atoms with E-state index in [1.165, 1.54) is 6.92 Å². The van der Waals surface area contributed by atoms with Crippen molar-refractivity contribution in [2.24, 2.45) is 4.99 Å². The summed E-state index contributed by atoms with van der Waals surface area (Å²) in [5.74, 6) is 0.507. The number of pyridine rings is 1. The third-order valence-electron chi connectivity index (χ3n) is 5.43. The highest BCUT2D eigenvalue weighted by atomic mass is 35.5. The Balaban J connectivity index is 1.77. The Bertz CT molecular complexity index is 1330. The average molecular weight is 476 g/mol. The fourth-order valence-corrected chi connectivity index (χ4v) is 3.89. The topological polar surface area (TPSA) is 84.8 Å². The van der Waals surface area contributed by atoms with Crippen molar-refractivity contribution in [3.8, 4) is 5.88 Å². The lowest BCUT2D eigenvalue weighted by Gasteiger charge is -2.22. The molecule has 0 bridgehead atoms. The molecule has 0 spiro atoms. The Morgan fingerprint density at radius 2 is 1.85 bits per heavy atom. The zero-order valence-electron chi connectivity index (χ0n) is 19.3. The number of fused-ring (bicyclic) bond motifs is 1. The second kappa shape index (κ2) is 10.1. The number of H-pyrrole nitrogens is 1. The first-order valence-corrected chi connectivity index (χ1v) is 11.2. The normalized spacial score (nSPS) is 11.9. The van der Waals surface area contributed by atoms with Gasteiger partial charge in [0.2, 0.25) is 5.91 Å². The number of amides is 1. The van der Waals surface area contributed by atoms with Crippen LogP contribution < -0.4 is 4.90 Å². The molecule has 0 aliphatic heterocycles. The van der Waals surface area contributed by atoms with Gasteiger partial charge in [0.1, 0.15) is 5.82 Å². The summed E-state index contributed by atoms with van der Waals surface area (Å²) in [6.07, 6.45) is 1.63. The molecule has 4 aromatic rings. The van der Waals surface area contributed by atoms with Gasteiger partial charge in [-0.2, -0.15) is 0 Å². The van der Waals surface area contributed by atoms with Crippen LogP contribution >= 0.6 is 11.6 Å². The molecule has 2 N–H and O–H groups in total. The lowest BCUT2D eigenvalue weighted by atomic mass is 10.0. The van der Waals surface area contributed by atoms with Gasteiger partial charge in [0, 0.05) is 36.0 Å². The molecular formula is C26H26ClN5O2. The molecule has 34 heavy (non-hydrogen) atoms. The second-order valence-electron chi connectivity index (χ2n) is 8.21. The monoisotopic (exact) mass is 475 g/mol. The van der Waals surface area contributed by atoms with E-state index in [2.05, 4.69) is 9.97 Å². The Labute approximate surface area is 203 Å². The highest BCUT2D eigenvalue weighted by Gasteiger charge is 2.19. The number of aromatic hydroxyl groups is 1. The molecule has 7 nitrogen and oxygen atoms in total. The Hall–Kier alpha value is -3.68. The van der Waals surface area contributed by atoms with Gasteiger partial charge in [0.25, 0.3) is 0 Å². The largest absolute Gasteiger partial charge is 0.494 e. The van der Waals surface area contributed by atoms with Crippen molar-refractivity contribution in [1.29, 1.82) is 0 Å². The average Bonchev–Trinajstić information content (AvgIpc) is 3.13. The third-order valence-corrected chi connectivity index (χ3v) is 5.66. The number of aromatic nitrogens is 2. The molecule has 174 valence electrons. The van der Waals surface area contributed by atoms with Gasteiger partial charge in [-0.15, -0.1) is 0 Å². The van der Waals surface area contributed by atoms with Gasteiger partial charge < -0.3 is 15.0 Å². The van der Waals surface area contributed by atoms with E-state index in [-0.39, 0.29) is 11.8 Å². The van der Waals surface area contributed by atoms with Gasteiger partial charge in [-0.1, -0.05) is 48.0 Å². The number of aliphatic imine (C=N–C) groups is 1. The van der Waals surface area contributed by atoms with Gasteiger partial charge in [-0.3, -0.25) is 9.69 Å². The van der Waals surface area contributed by atoms with Gasteiger partial charge in [0.05, 0.1) is 28.7 Å². The molecule has 0 aliphatic carbocycles. The number of nitrogens with one attached hydrogen (secondary N) is 1. The molecule has 0 fully saturated rings. The van der Waals surface area contributed by atoms with Crippen molar-refractivity contribution < 1.29 is 9.90 Å². The first kappa shape index (κ1) is 23.5. The van der Waals surface area contributed by atoms with Crippen LogP contribution in [0.15, 0.2) is 71.9 Å². The maximum atomic E-state index is 12.1. The molecule has 0 saturated carbocycles. The zero-order chi connectivity index (χ0) is 24.2. The number of carbonyl (C=O) groups is 1. The molecule has 8 heteroatoms. The predicted octanol–water partition coefficient (Wildman–Crippen LogP) is 5.01. The molecule has 0 aliphatic rings. The van der Waals surface area contributed by atoms with Crippen LogP contribution in [-0.2, 0) is 4.79 Å². The Morgan fingerprint density at radius 3 is 2.50 bits per heavy atom. The number of nitrogens with zero attached hydrogens (tertiary/aromatic N) is 4. The maximum absolute atomic E-state index is 12.1. The number of carbonyl (C=O) groups excluding carboxylic acids is 1. The van der Waals surface area contributed by atoms with Crippen LogP contribution in [0.1, 0.15) is 18.1 Å². The maximum Gasteiger partial charge on any atom is 0.225 e. The highest BCUT2D eigenvalue weighted by Crippen LogP contribution is 2.33. The van der Waals surface area contributed by atoms with Crippen LogP contribution in [0.5, 0.6) is 5.88 Å². The minimum absolute atomic E-state index is 0.0101. The molecule has 2 heterocycles. The molecule has 0 atom stereocenters. The summed E-state index contributed by atoms with van der Waals surface area (Å²) in [6.45, 7) is 2.80. The van der Waals surface area contributed by atoms with Crippen molar-refractivity contribution in [2.45, 2.75) is 6.92 Å². The van der Waals surface area contributed by atoms with E-state index in [4.69, 9.17) is 16.6 Å². The fourth-order valence-electron chi connectivity index (χ4n) is 3.72.